The second-order valence-electron chi connectivity index (χ2n) is 4.77. The molecule has 0 saturated heterocycles. The minimum atomic E-state index is -0.788. The molecule has 0 amide bonds. The second-order valence-corrected chi connectivity index (χ2v) is 4.77. The molecule has 1 aromatic carbocycles. The van der Waals surface area contributed by atoms with Crippen molar-refractivity contribution in [1.29, 1.82) is 0 Å². The van der Waals surface area contributed by atoms with Gasteiger partial charge in [-0.25, -0.2) is 0 Å². The van der Waals surface area contributed by atoms with E-state index in [1.54, 1.807) is 0 Å². The van der Waals surface area contributed by atoms with Crippen molar-refractivity contribution in [3.63, 3.8) is 0 Å². The molecule has 1 aliphatic rings. The van der Waals surface area contributed by atoms with Crippen molar-refractivity contribution in [2.45, 2.75) is 37.3 Å². The lowest BCUT2D eigenvalue weighted by Gasteiger charge is -2.21. The molecule has 2 rings (SSSR count). The van der Waals surface area contributed by atoms with E-state index in [1.165, 1.54) is 5.56 Å². The van der Waals surface area contributed by atoms with Gasteiger partial charge in [0.05, 0.1) is 6.61 Å². The highest BCUT2D eigenvalue weighted by molar-refractivity contribution is 5.37. The zero-order valence-electron chi connectivity index (χ0n) is 9.56. The number of aliphatic hydroxyl groups is 2. The van der Waals surface area contributed by atoms with Crippen molar-refractivity contribution in [2.75, 3.05) is 6.61 Å². The molecule has 16 heavy (non-hydrogen) atoms. The number of benzene rings is 1. The molecule has 2 atom stereocenters. The minimum Gasteiger partial charge on any atom is -0.393 e. The number of aliphatic hydroxyl groups excluding tert-OH is 2. The highest BCUT2D eigenvalue weighted by Crippen LogP contribution is 2.50. The van der Waals surface area contributed by atoms with Crippen LogP contribution >= 0.6 is 0 Å². The van der Waals surface area contributed by atoms with E-state index in [0.29, 0.717) is 0 Å². The average Bonchev–Trinajstić information content (AvgIpc) is 3.09. The van der Waals surface area contributed by atoms with Gasteiger partial charge in [-0.1, -0.05) is 24.3 Å². The molecule has 88 valence electrons. The van der Waals surface area contributed by atoms with E-state index < -0.39 is 6.10 Å². The fourth-order valence-electron chi connectivity index (χ4n) is 2.30. The molecule has 3 nitrogen and oxygen atoms in total. The molecule has 3 heteroatoms. The maximum Gasteiger partial charge on any atom is 0.102 e. The smallest absolute Gasteiger partial charge is 0.102 e. The third kappa shape index (κ3) is 1.86. The summed E-state index contributed by atoms with van der Waals surface area (Å²) in [4.78, 5) is 0. The second kappa shape index (κ2) is 4.17. The van der Waals surface area contributed by atoms with Crippen LogP contribution in [-0.2, 0) is 5.41 Å². The quantitative estimate of drug-likeness (QED) is 0.713. The van der Waals surface area contributed by atoms with Gasteiger partial charge in [0.15, 0.2) is 0 Å². The van der Waals surface area contributed by atoms with E-state index in [9.17, 15) is 5.11 Å². The van der Waals surface area contributed by atoms with Crippen molar-refractivity contribution >= 4 is 0 Å². The normalized spacial score (nSPS) is 21.5. The summed E-state index contributed by atoms with van der Waals surface area (Å²) in [5.41, 5.74) is 8.07. The summed E-state index contributed by atoms with van der Waals surface area (Å²) >= 11 is 0. The molecular formula is C13H19NO2. The van der Waals surface area contributed by atoms with Gasteiger partial charge in [0.1, 0.15) is 6.10 Å². The molecule has 0 aliphatic heterocycles. The van der Waals surface area contributed by atoms with Gasteiger partial charge in [0.2, 0.25) is 0 Å². The van der Waals surface area contributed by atoms with Crippen LogP contribution in [0.1, 0.15) is 37.0 Å². The fraction of sp³-hybridized carbons (Fsp3) is 0.538. The van der Waals surface area contributed by atoms with Gasteiger partial charge < -0.3 is 15.9 Å². The summed E-state index contributed by atoms with van der Waals surface area (Å²) in [5, 5.41) is 18.5. The van der Waals surface area contributed by atoms with Crippen LogP contribution in [0.15, 0.2) is 24.3 Å². The number of hydrogen-bond donors (Lipinski definition) is 3. The molecule has 4 N–H and O–H groups in total. The predicted octanol–water partition coefficient (Wildman–Crippen LogP) is 1.09. The third-order valence-corrected chi connectivity index (χ3v) is 3.68. The minimum absolute atomic E-state index is 0.102. The van der Waals surface area contributed by atoms with Crippen molar-refractivity contribution in [1.82, 2.24) is 0 Å². The van der Waals surface area contributed by atoms with Crippen LogP contribution in [0.5, 0.6) is 0 Å². The van der Waals surface area contributed by atoms with Crippen LogP contribution in [0.4, 0.5) is 0 Å². The number of hydrogen-bond acceptors (Lipinski definition) is 3. The Morgan fingerprint density at radius 2 is 2.12 bits per heavy atom. The van der Waals surface area contributed by atoms with Crippen molar-refractivity contribution in [3.05, 3.63) is 35.4 Å². The molecular weight excluding hydrogens is 202 g/mol. The first-order valence-corrected chi connectivity index (χ1v) is 5.75. The summed E-state index contributed by atoms with van der Waals surface area (Å²) in [6.45, 7) is 1.79. The molecule has 1 saturated carbocycles. The lowest BCUT2D eigenvalue weighted by atomic mass is 9.88. The van der Waals surface area contributed by atoms with Gasteiger partial charge in [-0.3, -0.25) is 0 Å². The Labute approximate surface area is 95.9 Å². The Balaban J connectivity index is 2.30. The van der Waals surface area contributed by atoms with Crippen LogP contribution in [0, 0.1) is 0 Å². The predicted molar refractivity (Wildman–Crippen MR) is 63.0 cm³/mol. The Kier molecular flexibility index (Phi) is 3.02. The Hall–Kier alpha value is -0.900. The van der Waals surface area contributed by atoms with E-state index in [4.69, 9.17) is 10.8 Å². The SMILES string of the molecule is CC(N)C1(c2cccc(C(O)CO)c2)CC1. The summed E-state index contributed by atoms with van der Waals surface area (Å²) in [6, 6.07) is 7.92. The zero-order chi connectivity index (χ0) is 11.8. The van der Waals surface area contributed by atoms with Crippen LogP contribution < -0.4 is 5.73 Å². The number of rotatable bonds is 4. The molecule has 1 aromatic rings. The summed E-state index contributed by atoms with van der Waals surface area (Å²) < 4.78 is 0. The fourth-order valence-corrected chi connectivity index (χ4v) is 2.30. The lowest BCUT2D eigenvalue weighted by Crippen LogP contribution is -2.31. The molecule has 1 fully saturated rings. The molecule has 0 heterocycles. The summed E-state index contributed by atoms with van der Waals surface area (Å²) in [7, 11) is 0. The lowest BCUT2D eigenvalue weighted by molar-refractivity contribution is 0.0955. The Morgan fingerprint density at radius 3 is 2.62 bits per heavy atom. The van der Waals surface area contributed by atoms with Crippen LogP contribution in [-0.4, -0.2) is 22.9 Å². The highest BCUT2D eigenvalue weighted by atomic mass is 16.3. The molecule has 2 unspecified atom stereocenters. The molecule has 1 aliphatic carbocycles. The first kappa shape index (κ1) is 11.6. The number of nitrogens with two attached hydrogens (primary N) is 1. The van der Waals surface area contributed by atoms with Gasteiger partial charge >= 0.3 is 0 Å². The van der Waals surface area contributed by atoms with Crippen molar-refractivity contribution in [2.24, 2.45) is 5.73 Å². The molecule has 0 aromatic heterocycles. The van der Waals surface area contributed by atoms with E-state index >= 15 is 0 Å². The summed E-state index contributed by atoms with van der Waals surface area (Å²) in [5.74, 6) is 0. The molecule has 0 spiro atoms. The largest absolute Gasteiger partial charge is 0.393 e. The standard InChI is InChI=1S/C13H19NO2/c1-9(14)13(5-6-13)11-4-2-3-10(7-11)12(16)8-15/h2-4,7,9,12,15-16H,5-6,8,14H2,1H3. The van der Waals surface area contributed by atoms with Crippen LogP contribution in [0.25, 0.3) is 0 Å². The van der Waals surface area contributed by atoms with Crippen LogP contribution in [0.2, 0.25) is 0 Å². The van der Waals surface area contributed by atoms with E-state index in [1.807, 2.05) is 25.1 Å². The Morgan fingerprint density at radius 1 is 1.44 bits per heavy atom. The van der Waals surface area contributed by atoms with Crippen molar-refractivity contribution < 1.29 is 10.2 Å². The first-order valence-electron chi connectivity index (χ1n) is 5.75. The van der Waals surface area contributed by atoms with Crippen LogP contribution in [0.3, 0.4) is 0 Å². The molecule has 0 radical (unpaired) electrons. The van der Waals surface area contributed by atoms with Gasteiger partial charge in [-0.2, -0.15) is 0 Å². The maximum absolute atomic E-state index is 9.60. The third-order valence-electron chi connectivity index (χ3n) is 3.68. The van der Waals surface area contributed by atoms with E-state index in [0.717, 1.165) is 18.4 Å². The topological polar surface area (TPSA) is 66.5 Å². The summed E-state index contributed by atoms with van der Waals surface area (Å²) in [6.07, 6.45) is 1.44. The van der Waals surface area contributed by atoms with Gasteiger partial charge in [-0.15, -0.1) is 0 Å². The van der Waals surface area contributed by atoms with Gasteiger partial charge in [0.25, 0.3) is 0 Å². The van der Waals surface area contributed by atoms with Gasteiger partial charge in [-0.05, 0) is 30.9 Å². The van der Waals surface area contributed by atoms with Crippen molar-refractivity contribution in [3.8, 4) is 0 Å². The first-order chi connectivity index (χ1) is 7.60. The molecule has 0 bridgehead atoms. The van der Waals surface area contributed by atoms with E-state index in [-0.39, 0.29) is 18.1 Å². The Bertz CT molecular complexity index is 372. The highest BCUT2D eigenvalue weighted by Gasteiger charge is 2.47. The monoisotopic (exact) mass is 221 g/mol. The average molecular weight is 221 g/mol. The zero-order valence-corrected chi connectivity index (χ0v) is 9.56. The van der Waals surface area contributed by atoms with Gasteiger partial charge in [0, 0.05) is 11.5 Å². The maximum atomic E-state index is 9.60. The van der Waals surface area contributed by atoms with E-state index in [2.05, 4.69) is 6.07 Å².